The second-order valence-electron chi connectivity index (χ2n) is 5.12. The van der Waals surface area contributed by atoms with Crippen LogP contribution >= 0.6 is 0 Å². The van der Waals surface area contributed by atoms with E-state index in [2.05, 4.69) is 0 Å². The van der Waals surface area contributed by atoms with Gasteiger partial charge in [0.05, 0.1) is 6.61 Å². The van der Waals surface area contributed by atoms with E-state index in [9.17, 15) is 4.79 Å². The number of hydrogen-bond donors (Lipinski definition) is 1. The molecule has 1 aromatic carbocycles. The zero-order chi connectivity index (χ0) is 13.0. The van der Waals surface area contributed by atoms with Crippen LogP contribution in [0.25, 0.3) is 0 Å². The topological polar surface area (TPSA) is 52.3 Å². The van der Waals surface area contributed by atoms with E-state index >= 15 is 0 Å². The Balaban J connectivity index is 1.93. The Labute approximate surface area is 108 Å². The molecule has 1 fully saturated rings. The number of nitrogens with two attached hydrogens (primary N) is 1. The molecule has 98 valence electrons. The van der Waals surface area contributed by atoms with Crippen LogP contribution in [0.1, 0.15) is 49.4 Å². The van der Waals surface area contributed by atoms with Crippen LogP contribution in [0.4, 0.5) is 5.69 Å². The molecule has 0 saturated heterocycles. The van der Waals surface area contributed by atoms with E-state index in [1.165, 1.54) is 39.0 Å². The summed E-state index contributed by atoms with van der Waals surface area (Å²) in [5, 5.41) is 0. The van der Waals surface area contributed by atoms with Gasteiger partial charge >= 0.3 is 0 Å². The van der Waals surface area contributed by atoms with Gasteiger partial charge in [0.2, 0.25) is 0 Å². The lowest BCUT2D eigenvalue weighted by atomic mass is 9.90. The van der Waals surface area contributed by atoms with E-state index in [4.69, 9.17) is 10.5 Å². The van der Waals surface area contributed by atoms with E-state index in [0.29, 0.717) is 17.2 Å². The summed E-state index contributed by atoms with van der Waals surface area (Å²) in [5.74, 6) is 1.43. The van der Waals surface area contributed by atoms with Crippen LogP contribution in [0.3, 0.4) is 0 Å². The number of ketones is 1. The first-order valence-corrected chi connectivity index (χ1v) is 6.70. The van der Waals surface area contributed by atoms with Crippen LogP contribution < -0.4 is 10.5 Å². The Bertz CT molecular complexity index is 423. The lowest BCUT2D eigenvalue weighted by Crippen LogP contribution is -2.15. The van der Waals surface area contributed by atoms with E-state index in [0.717, 1.165) is 12.4 Å². The second-order valence-corrected chi connectivity index (χ2v) is 5.12. The third kappa shape index (κ3) is 3.25. The van der Waals surface area contributed by atoms with Gasteiger partial charge in [-0.05, 0) is 37.8 Å². The molecule has 0 aromatic heterocycles. The molecule has 1 aliphatic rings. The molecule has 1 aliphatic carbocycles. The Kier molecular flexibility index (Phi) is 4.24. The fourth-order valence-electron chi connectivity index (χ4n) is 2.52. The van der Waals surface area contributed by atoms with Crippen molar-refractivity contribution >= 4 is 11.5 Å². The summed E-state index contributed by atoms with van der Waals surface area (Å²) in [4.78, 5) is 11.3. The molecule has 0 amide bonds. The third-order valence-corrected chi connectivity index (χ3v) is 3.61. The van der Waals surface area contributed by atoms with Gasteiger partial charge in [-0.1, -0.05) is 19.3 Å². The fourth-order valence-corrected chi connectivity index (χ4v) is 2.52. The number of ether oxygens (including phenoxy) is 1. The van der Waals surface area contributed by atoms with Gasteiger partial charge in [0, 0.05) is 17.3 Å². The first-order valence-electron chi connectivity index (χ1n) is 6.70. The summed E-state index contributed by atoms with van der Waals surface area (Å²) in [6.45, 7) is 2.28. The predicted molar refractivity (Wildman–Crippen MR) is 72.9 cm³/mol. The normalized spacial score (nSPS) is 16.5. The molecule has 0 heterocycles. The molecule has 0 radical (unpaired) electrons. The van der Waals surface area contributed by atoms with E-state index < -0.39 is 0 Å². The van der Waals surface area contributed by atoms with Gasteiger partial charge in [-0.2, -0.15) is 0 Å². The van der Waals surface area contributed by atoms with Crippen molar-refractivity contribution in [1.82, 2.24) is 0 Å². The molecule has 18 heavy (non-hydrogen) atoms. The van der Waals surface area contributed by atoms with Crippen molar-refractivity contribution in [3.63, 3.8) is 0 Å². The van der Waals surface area contributed by atoms with Crippen LogP contribution in [0.15, 0.2) is 18.2 Å². The van der Waals surface area contributed by atoms with Crippen LogP contribution in [-0.2, 0) is 0 Å². The van der Waals surface area contributed by atoms with Crippen molar-refractivity contribution in [3.05, 3.63) is 23.8 Å². The van der Waals surface area contributed by atoms with E-state index in [1.807, 2.05) is 6.07 Å². The van der Waals surface area contributed by atoms with E-state index in [1.54, 1.807) is 12.1 Å². The Hall–Kier alpha value is -1.51. The van der Waals surface area contributed by atoms with Crippen LogP contribution in [-0.4, -0.2) is 12.4 Å². The molecule has 1 saturated carbocycles. The highest BCUT2D eigenvalue weighted by atomic mass is 16.5. The summed E-state index contributed by atoms with van der Waals surface area (Å²) in [5.41, 5.74) is 6.90. The highest BCUT2D eigenvalue weighted by Gasteiger charge is 2.14. The minimum absolute atomic E-state index is 0.00803. The summed E-state index contributed by atoms with van der Waals surface area (Å²) in [6, 6.07) is 5.32. The molecule has 0 atom stereocenters. The molecular weight excluding hydrogens is 226 g/mol. The summed E-state index contributed by atoms with van der Waals surface area (Å²) in [7, 11) is 0. The molecule has 0 aliphatic heterocycles. The molecule has 1 aromatic rings. The van der Waals surface area contributed by atoms with Crippen LogP contribution in [0.2, 0.25) is 0 Å². The number of carbonyl (C=O) groups excluding carboxylic acids is 1. The molecule has 2 N–H and O–H groups in total. The number of nitrogen functional groups attached to an aromatic ring is 1. The molecule has 3 nitrogen and oxygen atoms in total. The van der Waals surface area contributed by atoms with Gasteiger partial charge in [-0.25, -0.2) is 0 Å². The first kappa shape index (κ1) is 12.9. The van der Waals surface area contributed by atoms with Crippen molar-refractivity contribution in [1.29, 1.82) is 0 Å². The van der Waals surface area contributed by atoms with Gasteiger partial charge in [0.1, 0.15) is 5.75 Å². The van der Waals surface area contributed by atoms with Crippen LogP contribution in [0, 0.1) is 5.92 Å². The molecule has 2 rings (SSSR count). The zero-order valence-electron chi connectivity index (χ0n) is 10.9. The van der Waals surface area contributed by atoms with Crippen molar-refractivity contribution < 1.29 is 9.53 Å². The monoisotopic (exact) mass is 247 g/mol. The maximum atomic E-state index is 11.3. The molecule has 0 bridgehead atoms. The zero-order valence-corrected chi connectivity index (χ0v) is 10.9. The van der Waals surface area contributed by atoms with Gasteiger partial charge in [-0.15, -0.1) is 0 Å². The maximum absolute atomic E-state index is 11.3. The summed E-state index contributed by atoms with van der Waals surface area (Å²) >= 11 is 0. The van der Waals surface area contributed by atoms with Gasteiger partial charge in [0.25, 0.3) is 0 Å². The Morgan fingerprint density at radius 3 is 2.67 bits per heavy atom. The molecule has 0 spiro atoms. The highest BCUT2D eigenvalue weighted by molar-refractivity contribution is 5.99. The lowest BCUT2D eigenvalue weighted by molar-refractivity contribution is 0.101. The number of hydrogen-bond acceptors (Lipinski definition) is 3. The number of rotatable bonds is 4. The van der Waals surface area contributed by atoms with Crippen molar-refractivity contribution in [2.45, 2.75) is 39.0 Å². The van der Waals surface area contributed by atoms with E-state index in [-0.39, 0.29) is 5.78 Å². The van der Waals surface area contributed by atoms with Crippen molar-refractivity contribution in [2.75, 3.05) is 12.3 Å². The first-order chi connectivity index (χ1) is 8.66. The summed E-state index contributed by atoms with van der Waals surface area (Å²) < 4.78 is 5.77. The number of carbonyl (C=O) groups is 1. The quantitative estimate of drug-likeness (QED) is 0.655. The minimum atomic E-state index is -0.00803. The third-order valence-electron chi connectivity index (χ3n) is 3.61. The second kappa shape index (κ2) is 5.89. The number of Topliss-reactive ketones (excluding diaryl/α,β-unsaturated/α-hetero) is 1. The number of anilines is 1. The largest absolute Gasteiger partial charge is 0.493 e. The van der Waals surface area contributed by atoms with Gasteiger partial charge in [0.15, 0.2) is 5.78 Å². The highest BCUT2D eigenvalue weighted by Crippen LogP contribution is 2.26. The molecule has 3 heteroatoms. The average molecular weight is 247 g/mol. The Morgan fingerprint density at radius 2 is 2.06 bits per heavy atom. The SMILES string of the molecule is CC(=O)c1ccc(OCC2CCCCC2)cc1N. The average Bonchev–Trinajstić information content (AvgIpc) is 2.37. The molecular formula is C15H21NO2. The molecule has 0 unspecified atom stereocenters. The van der Waals surface area contributed by atoms with Crippen molar-refractivity contribution in [3.8, 4) is 5.75 Å². The minimum Gasteiger partial charge on any atom is -0.493 e. The van der Waals surface area contributed by atoms with Crippen LogP contribution in [0.5, 0.6) is 5.75 Å². The predicted octanol–water partition coefficient (Wildman–Crippen LogP) is 3.43. The smallest absolute Gasteiger partial charge is 0.161 e. The lowest BCUT2D eigenvalue weighted by Gasteiger charge is -2.21. The fraction of sp³-hybridized carbons (Fsp3) is 0.533. The summed E-state index contributed by atoms with van der Waals surface area (Å²) in [6.07, 6.45) is 6.53. The van der Waals surface area contributed by atoms with Gasteiger partial charge < -0.3 is 10.5 Å². The van der Waals surface area contributed by atoms with Crippen molar-refractivity contribution in [2.24, 2.45) is 5.92 Å². The Morgan fingerprint density at radius 1 is 1.33 bits per heavy atom. The standard InChI is InChI=1S/C15H21NO2/c1-11(17)14-8-7-13(9-15(14)16)18-10-12-5-3-2-4-6-12/h7-9,12H,2-6,10,16H2,1H3. The maximum Gasteiger partial charge on any atom is 0.161 e. The number of benzene rings is 1. The van der Waals surface area contributed by atoms with Gasteiger partial charge in [-0.3, -0.25) is 4.79 Å².